The Morgan fingerprint density at radius 2 is 2.00 bits per heavy atom. The highest BCUT2D eigenvalue weighted by atomic mass is 35.5. The molecule has 0 unspecified atom stereocenters. The van der Waals surface area contributed by atoms with Crippen molar-refractivity contribution >= 4 is 25.5 Å². The summed E-state index contributed by atoms with van der Waals surface area (Å²) in [6, 6.07) is 1.67. The third kappa shape index (κ3) is 1.95. The average Bonchev–Trinajstić information content (AvgIpc) is 1.98. The van der Waals surface area contributed by atoms with Crippen LogP contribution in [-0.2, 0) is 0 Å². The lowest BCUT2D eigenvalue weighted by Gasteiger charge is -2.20. The third-order valence-electron chi connectivity index (χ3n) is 1.79. The number of nitrogens with zero attached hydrogens (tertiary/aromatic N) is 1. The van der Waals surface area contributed by atoms with E-state index in [1.165, 1.54) is 0 Å². The van der Waals surface area contributed by atoms with E-state index in [2.05, 4.69) is 19.6 Å². The molecular formula is C8H13ClN2OSi. The second kappa shape index (κ2) is 3.19. The van der Waals surface area contributed by atoms with Gasteiger partial charge in [0.1, 0.15) is 5.02 Å². The fraction of sp³-hybridized carbons (Fsp3) is 0.375. The van der Waals surface area contributed by atoms with Crippen molar-refractivity contribution in [3.05, 3.63) is 27.6 Å². The molecule has 0 radical (unpaired) electrons. The van der Waals surface area contributed by atoms with Gasteiger partial charge in [0.25, 0.3) is 5.56 Å². The smallest absolute Gasteiger partial charge is 0.263 e. The number of anilines is 1. The maximum atomic E-state index is 11.6. The van der Waals surface area contributed by atoms with Gasteiger partial charge in [0.15, 0.2) is 8.24 Å². The number of hydrogen-bond acceptors (Lipinski definition) is 2. The first kappa shape index (κ1) is 10.3. The Balaban J connectivity index is 3.44. The van der Waals surface area contributed by atoms with Gasteiger partial charge in [-0.2, -0.15) is 0 Å². The van der Waals surface area contributed by atoms with E-state index in [1.54, 1.807) is 16.5 Å². The van der Waals surface area contributed by atoms with Crippen LogP contribution >= 0.6 is 11.6 Å². The molecule has 1 aromatic rings. The maximum Gasteiger partial charge on any atom is 0.263 e. The van der Waals surface area contributed by atoms with Gasteiger partial charge in [-0.1, -0.05) is 31.2 Å². The van der Waals surface area contributed by atoms with Crippen LogP contribution in [0, 0.1) is 0 Å². The van der Waals surface area contributed by atoms with Gasteiger partial charge in [-0.15, -0.1) is 0 Å². The number of hydrogen-bond donors (Lipinski definition) is 1. The number of rotatable bonds is 1. The van der Waals surface area contributed by atoms with Crippen molar-refractivity contribution in [2.45, 2.75) is 19.6 Å². The molecule has 2 N–H and O–H groups in total. The zero-order valence-electron chi connectivity index (χ0n) is 7.97. The van der Waals surface area contributed by atoms with Crippen molar-refractivity contribution in [2.24, 2.45) is 0 Å². The van der Waals surface area contributed by atoms with Crippen molar-refractivity contribution in [3.63, 3.8) is 0 Å². The first-order valence-electron chi connectivity index (χ1n) is 4.01. The lowest BCUT2D eigenvalue weighted by molar-refractivity contribution is 1.05. The lowest BCUT2D eigenvalue weighted by atomic mass is 10.4. The van der Waals surface area contributed by atoms with E-state index in [-0.39, 0.29) is 10.6 Å². The molecule has 0 saturated carbocycles. The second-order valence-electron chi connectivity index (χ2n) is 3.93. The zero-order valence-corrected chi connectivity index (χ0v) is 9.72. The summed E-state index contributed by atoms with van der Waals surface area (Å²) in [4.78, 5) is 11.6. The fourth-order valence-corrected chi connectivity index (χ4v) is 2.52. The van der Waals surface area contributed by atoms with Crippen LogP contribution < -0.4 is 11.3 Å². The Morgan fingerprint density at radius 1 is 1.46 bits per heavy atom. The first-order chi connectivity index (χ1) is 5.84. The van der Waals surface area contributed by atoms with E-state index in [1.807, 2.05) is 0 Å². The van der Waals surface area contributed by atoms with Crippen molar-refractivity contribution in [1.29, 1.82) is 0 Å². The molecule has 1 aromatic heterocycles. The first-order valence-corrected chi connectivity index (χ1v) is 7.83. The average molecular weight is 217 g/mol. The minimum absolute atomic E-state index is 0.130. The van der Waals surface area contributed by atoms with E-state index in [9.17, 15) is 4.79 Å². The van der Waals surface area contributed by atoms with Gasteiger partial charge in [0, 0.05) is 6.20 Å². The van der Waals surface area contributed by atoms with Crippen LogP contribution in [0.1, 0.15) is 0 Å². The van der Waals surface area contributed by atoms with Gasteiger partial charge in [-0.05, 0) is 6.07 Å². The standard InChI is InChI=1S/C8H13ClN2OSi/c1-13(2,3)11-5-4-6(10)7(9)8(11)12/h4-5H,10H2,1-3H3. The fourth-order valence-electron chi connectivity index (χ4n) is 1.05. The molecule has 1 heterocycles. The second-order valence-corrected chi connectivity index (χ2v) is 9.13. The van der Waals surface area contributed by atoms with Crippen molar-refractivity contribution in [3.8, 4) is 0 Å². The van der Waals surface area contributed by atoms with E-state index < -0.39 is 8.24 Å². The van der Waals surface area contributed by atoms with Crippen LogP contribution in [0.4, 0.5) is 5.69 Å². The monoisotopic (exact) mass is 216 g/mol. The molecule has 3 nitrogen and oxygen atoms in total. The van der Waals surface area contributed by atoms with Crippen LogP contribution in [0.25, 0.3) is 0 Å². The number of halogens is 1. The van der Waals surface area contributed by atoms with Gasteiger partial charge in [0.2, 0.25) is 0 Å². The molecule has 0 fully saturated rings. The van der Waals surface area contributed by atoms with Crippen molar-refractivity contribution in [2.75, 3.05) is 5.73 Å². The summed E-state index contributed by atoms with van der Waals surface area (Å²) in [5.41, 5.74) is 5.67. The number of nitrogen functional groups attached to an aromatic ring is 1. The Morgan fingerprint density at radius 3 is 2.46 bits per heavy atom. The predicted octanol–water partition coefficient (Wildman–Crippen LogP) is 1.77. The Kier molecular flexibility index (Phi) is 2.54. The van der Waals surface area contributed by atoms with E-state index in [4.69, 9.17) is 17.3 Å². The Bertz CT molecular complexity index is 381. The molecule has 0 aromatic carbocycles. The molecule has 0 aliphatic rings. The summed E-state index contributed by atoms with van der Waals surface area (Å²) in [5.74, 6) is 0. The SMILES string of the molecule is C[Si](C)(C)n1ccc(N)c(Cl)c1=O. The lowest BCUT2D eigenvalue weighted by Crippen LogP contribution is -2.41. The molecular weight excluding hydrogens is 204 g/mol. The van der Waals surface area contributed by atoms with Gasteiger partial charge in [-0.25, -0.2) is 0 Å². The molecule has 72 valence electrons. The summed E-state index contributed by atoms with van der Waals surface area (Å²) in [6.45, 7) is 6.21. The zero-order chi connectivity index (χ0) is 10.2. The molecule has 0 spiro atoms. The summed E-state index contributed by atoms with van der Waals surface area (Å²) < 4.78 is 1.70. The molecule has 0 saturated heterocycles. The quantitative estimate of drug-likeness (QED) is 0.728. The largest absolute Gasteiger partial charge is 0.397 e. The third-order valence-corrected chi connectivity index (χ3v) is 3.96. The van der Waals surface area contributed by atoms with E-state index in [0.29, 0.717) is 5.69 Å². The van der Waals surface area contributed by atoms with Crippen molar-refractivity contribution in [1.82, 2.24) is 4.23 Å². The minimum atomic E-state index is -1.67. The topological polar surface area (TPSA) is 48.0 Å². The van der Waals surface area contributed by atoms with Gasteiger partial charge >= 0.3 is 0 Å². The van der Waals surface area contributed by atoms with Crippen LogP contribution in [-0.4, -0.2) is 12.5 Å². The normalized spacial score (nSPS) is 11.7. The highest BCUT2D eigenvalue weighted by Crippen LogP contribution is 2.13. The number of pyridine rings is 1. The molecule has 0 aliphatic carbocycles. The molecule has 1 rings (SSSR count). The van der Waals surface area contributed by atoms with E-state index in [0.717, 1.165) is 0 Å². The number of aromatic nitrogens is 1. The number of nitrogens with two attached hydrogens (primary N) is 1. The van der Waals surface area contributed by atoms with Gasteiger partial charge < -0.3 is 9.97 Å². The van der Waals surface area contributed by atoms with Crippen LogP contribution in [0.2, 0.25) is 24.7 Å². The van der Waals surface area contributed by atoms with E-state index >= 15 is 0 Å². The molecule has 0 atom stereocenters. The van der Waals surface area contributed by atoms with Crippen LogP contribution in [0.5, 0.6) is 0 Å². The molecule has 0 bridgehead atoms. The highest BCUT2D eigenvalue weighted by Gasteiger charge is 2.19. The van der Waals surface area contributed by atoms with Crippen LogP contribution in [0.3, 0.4) is 0 Å². The van der Waals surface area contributed by atoms with Gasteiger partial charge in [-0.3, -0.25) is 4.79 Å². The summed E-state index contributed by atoms with van der Waals surface area (Å²) >= 11 is 5.75. The Hall–Kier alpha value is -0.743. The summed E-state index contributed by atoms with van der Waals surface area (Å²) in [5, 5.41) is 0.130. The predicted molar refractivity (Wildman–Crippen MR) is 58.9 cm³/mol. The molecule has 13 heavy (non-hydrogen) atoms. The van der Waals surface area contributed by atoms with Crippen LogP contribution in [0.15, 0.2) is 17.1 Å². The van der Waals surface area contributed by atoms with Gasteiger partial charge in [0.05, 0.1) is 5.69 Å². The molecule has 5 heteroatoms. The Labute approximate surface area is 83.2 Å². The maximum absolute atomic E-state index is 11.6. The summed E-state index contributed by atoms with van der Waals surface area (Å²) in [6.07, 6.45) is 1.72. The highest BCUT2D eigenvalue weighted by molar-refractivity contribution is 6.74. The minimum Gasteiger partial charge on any atom is -0.397 e. The molecule has 0 amide bonds. The molecule has 0 aliphatic heterocycles. The summed E-state index contributed by atoms with van der Waals surface area (Å²) in [7, 11) is -1.67. The van der Waals surface area contributed by atoms with Crippen molar-refractivity contribution < 1.29 is 0 Å².